The molecule has 0 radical (unpaired) electrons. The quantitative estimate of drug-likeness (QED) is 0.590. The van der Waals surface area contributed by atoms with Crippen LogP contribution in [0.2, 0.25) is 0 Å². The Morgan fingerprint density at radius 3 is 2.61 bits per heavy atom. The van der Waals surface area contributed by atoms with Crippen LogP contribution in [0.25, 0.3) is 0 Å². The van der Waals surface area contributed by atoms with Crippen molar-refractivity contribution in [3.05, 3.63) is 0 Å². The van der Waals surface area contributed by atoms with Crippen molar-refractivity contribution in [2.24, 2.45) is 0 Å². The molecule has 1 saturated carbocycles. The van der Waals surface area contributed by atoms with Crippen molar-refractivity contribution in [1.29, 1.82) is 0 Å². The standard InChI is InChI=1S/C13H27NO4/c1-5-14-11-8-12(18-10(2)9-16-4)13(11)17-7-6-15-3/h10-14H,5-9H2,1-4H3. The topological polar surface area (TPSA) is 49.0 Å². The van der Waals surface area contributed by atoms with Crippen LogP contribution in [0.4, 0.5) is 0 Å². The number of rotatable bonds is 10. The molecule has 1 rings (SSSR count). The molecule has 4 unspecified atom stereocenters. The third-order valence-electron chi connectivity index (χ3n) is 3.12. The first-order valence-corrected chi connectivity index (χ1v) is 6.71. The monoisotopic (exact) mass is 261 g/mol. The fraction of sp³-hybridized carbons (Fsp3) is 1.00. The fourth-order valence-electron chi connectivity index (χ4n) is 2.24. The maximum Gasteiger partial charge on any atom is 0.0991 e. The first-order chi connectivity index (χ1) is 8.72. The Balaban J connectivity index is 2.32. The van der Waals surface area contributed by atoms with Crippen LogP contribution in [0.5, 0.6) is 0 Å². The van der Waals surface area contributed by atoms with Crippen LogP contribution in [-0.2, 0) is 18.9 Å². The van der Waals surface area contributed by atoms with E-state index in [0.717, 1.165) is 13.0 Å². The highest BCUT2D eigenvalue weighted by Crippen LogP contribution is 2.28. The lowest BCUT2D eigenvalue weighted by atomic mass is 9.85. The number of methoxy groups -OCH3 is 2. The van der Waals surface area contributed by atoms with Crippen molar-refractivity contribution >= 4 is 0 Å². The number of ether oxygens (including phenoxy) is 4. The summed E-state index contributed by atoms with van der Waals surface area (Å²) < 4.78 is 21.8. The van der Waals surface area contributed by atoms with Crippen LogP contribution in [0.3, 0.4) is 0 Å². The molecule has 0 aromatic rings. The smallest absolute Gasteiger partial charge is 0.0991 e. The van der Waals surface area contributed by atoms with Crippen molar-refractivity contribution in [1.82, 2.24) is 5.32 Å². The van der Waals surface area contributed by atoms with Crippen molar-refractivity contribution in [3.63, 3.8) is 0 Å². The zero-order valence-electron chi connectivity index (χ0n) is 12.0. The molecule has 0 heterocycles. The SMILES string of the molecule is CCNC1CC(OC(C)COC)C1OCCOC. The number of likely N-dealkylation sites (N-methyl/N-ethyl adjacent to an activating group) is 1. The molecule has 5 heteroatoms. The minimum atomic E-state index is 0.108. The lowest BCUT2D eigenvalue weighted by Gasteiger charge is -2.45. The zero-order valence-corrected chi connectivity index (χ0v) is 12.0. The summed E-state index contributed by atoms with van der Waals surface area (Å²) in [6, 6.07) is 0.395. The van der Waals surface area contributed by atoms with Crippen LogP contribution >= 0.6 is 0 Å². The molecule has 1 aliphatic rings. The van der Waals surface area contributed by atoms with Gasteiger partial charge in [0.05, 0.1) is 38.1 Å². The van der Waals surface area contributed by atoms with E-state index in [2.05, 4.69) is 12.2 Å². The first-order valence-electron chi connectivity index (χ1n) is 6.71. The molecule has 0 aromatic heterocycles. The Kier molecular flexibility index (Phi) is 7.77. The minimum absolute atomic E-state index is 0.108. The largest absolute Gasteiger partial charge is 0.382 e. The molecule has 0 bridgehead atoms. The summed E-state index contributed by atoms with van der Waals surface area (Å²) in [5.41, 5.74) is 0. The van der Waals surface area contributed by atoms with E-state index >= 15 is 0 Å². The fourth-order valence-corrected chi connectivity index (χ4v) is 2.24. The van der Waals surface area contributed by atoms with Crippen LogP contribution in [-0.4, -0.2) is 64.9 Å². The second-order valence-electron chi connectivity index (χ2n) is 4.67. The van der Waals surface area contributed by atoms with Gasteiger partial charge in [0.2, 0.25) is 0 Å². The molecule has 4 atom stereocenters. The maximum absolute atomic E-state index is 5.92. The molecule has 1 aliphatic carbocycles. The highest BCUT2D eigenvalue weighted by atomic mass is 16.6. The molecule has 0 spiro atoms. The van der Waals surface area contributed by atoms with E-state index in [4.69, 9.17) is 18.9 Å². The summed E-state index contributed by atoms with van der Waals surface area (Å²) in [6.07, 6.45) is 1.39. The molecule has 0 aromatic carbocycles. The van der Waals surface area contributed by atoms with Crippen molar-refractivity contribution < 1.29 is 18.9 Å². The van der Waals surface area contributed by atoms with Gasteiger partial charge >= 0.3 is 0 Å². The van der Waals surface area contributed by atoms with E-state index < -0.39 is 0 Å². The maximum atomic E-state index is 5.92. The van der Waals surface area contributed by atoms with Gasteiger partial charge in [0.25, 0.3) is 0 Å². The molecule has 1 fully saturated rings. The van der Waals surface area contributed by atoms with E-state index in [-0.39, 0.29) is 18.3 Å². The Morgan fingerprint density at radius 2 is 2.00 bits per heavy atom. The van der Waals surface area contributed by atoms with Crippen LogP contribution in [0, 0.1) is 0 Å². The number of nitrogens with one attached hydrogen (secondary N) is 1. The highest BCUT2D eigenvalue weighted by molar-refractivity contribution is 4.97. The Hall–Kier alpha value is -0.200. The molecular formula is C13H27NO4. The second kappa shape index (κ2) is 8.82. The second-order valence-corrected chi connectivity index (χ2v) is 4.67. The van der Waals surface area contributed by atoms with E-state index in [9.17, 15) is 0 Å². The summed E-state index contributed by atoms with van der Waals surface area (Å²) in [5, 5.41) is 3.42. The van der Waals surface area contributed by atoms with E-state index in [1.54, 1.807) is 14.2 Å². The number of hydrogen-bond donors (Lipinski definition) is 1. The Labute approximate surface area is 110 Å². The van der Waals surface area contributed by atoms with Crippen LogP contribution in [0.1, 0.15) is 20.3 Å². The normalized spacial score (nSPS) is 29.0. The first kappa shape index (κ1) is 15.9. The molecule has 0 amide bonds. The summed E-state index contributed by atoms with van der Waals surface area (Å²) >= 11 is 0. The molecular weight excluding hydrogens is 234 g/mol. The zero-order chi connectivity index (χ0) is 13.4. The van der Waals surface area contributed by atoms with Gasteiger partial charge in [-0.1, -0.05) is 6.92 Å². The highest BCUT2D eigenvalue weighted by Gasteiger charge is 2.43. The predicted molar refractivity (Wildman–Crippen MR) is 69.9 cm³/mol. The molecule has 0 saturated heterocycles. The lowest BCUT2D eigenvalue weighted by Crippen LogP contribution is -2.61. The van der Waals surface area contributed by atoms with E-state index in [0.29, 0.717) is 25.9 Å². The van der Waals surface area contributed by atoms with Crippen LogP contribution in [0.15, 0.2) is 0 Å². The minimum Gasteiger partial charge on any atom is -0.382 e. The number of hydrogen-bond acceptors (Lipinski definition) is 5. The van der Waals surface area contributed by atoms with Gasteiger partial charge in [0.1, 0.15) is 0 Å². The average Bonchev–Trinajstić information content (AvgIpc) is 2.33. The van der Waals surface area contributed by atoms with E-state index in [1.165, 1.54) is 0 Å². The molecule has 0 aliphatic heterocycles. The summed E-state index contributed by atoms with van der Waals surface area (Å²) in [4.78, 5) is 0. The van der Waals surface area contributed by atoms with Crippen molar-refractivity contribution in [3.8, 4) is 0 Å². The summed E-state index contributed by atoms with van der Waals surface area (Å²) in [7, 11) is 3.37. The van der Waals surface area contributed by atoms with Gasteiger partial charge in [0, 0.05) is 20.3 Å². The van der Waals surface area contributed by atoms with Gasteiger partial charge in [-0.05, 0) is 19.9 Å². The van der Waals surface area contributed by atoms with Gasteiger partial charge in [-0.15, -0.1) is 0 Å². The van der Waals surface area contributed by atoms with Gasteiger partial charge in [-0.2, -0.15) is 0 Å². The third kappa shape index (κ3) is 4.82. The molecule has 1 N–H and O–H groups in total. The van der Waals surface area contributed by atoms with Gasteiger partial charge in [-0.25, -0.2) is 0 Å². The van der Waals surface area contributed by atoms with Crippen molar-refractivity contribution in [2.75, 3.05) is 40.6 Å². The van der Waals surface area contributed by atoms with Gasteiger partial charge < -0.3 is 24.3 Å². The third-order valence-corrected chi connectivity index (χ3v) is 3.12. The van der Waals surface area contributed by atoms with E-state index in [1.807, 2.05) is 6.92 Å². The summed E-state index contributed by atoms with van der Waals surface area (Å²) in [5.74, 6) is 0. The van der Waals surface area contributed by atoms with Gasteiger partial charge in [0.15, 0.2) is 0 Å². The molecule has 18 heavy (non-hydrogen) atoms. The summed E-state index contributed by atoms with van der Waals surface area (Å²) in [6.45, 7) is 6.93. The van der Waals surface area contributed by atoms with Crippen molar-refractivity contribution in [2.45, 2.75) is 44.6 Å². The Bertz CT molecular complexity index is 215. The molecule has 108 valence electrons. The molecule has 5 nitrogen and oxygen atoms in total. The van der Waals surface area contributed by atoms with Crippen LogP contribution < -0.4 is 5.32 Å². The lowest BCUT2D eigenvalue weighted by molar-refractivity contribution is -0.175. The Morgan fingerprint density at radius 1 is 1.22 bits per heavy atom. The predicted octanol–water partition coefficient (Wildman–Crippen LogP) is 0.820. The van der Waals surface area contributed by atoms with Gasteiger partial charge in [-0.3, -0.25) is 0 Å². The average molecular weight is 261 g/mol.